The van der Waals surface area contributed by atoms with Crippen LogP contribution in [0.5, 0.6) is 0 Å². The van der Waals surface area contributed by atoms with Gasteiger partial charge in [0.15, 0.2) is 8.32 Å². The second-order valence-corrected chi connectivity index (χ2v) is 17.2. The first-order chi connectivity index (χ1) is 10.6. The van der Waals surface area contributed by atoms with E-state index >= 15 is 0 Å². The Morgan fingerprint density at radius 3 is 1.61 bits per heavy atom. The Labute approximate surface area is 151 Å². The van der Waals surface area contributed by atoms with Crippen LogP contribution in [0.15, 0.2) is 0 Å². The lowest BCUT2D eigenvalue weighted by molar-refractivity contribution is 0.151. The first kappa shape index (κ1) is 19.7. The van der Waals surface area contributed by atoms with E-state index in [9.17, 15) is 10.2 Å². The van der Waals surface area contributed by atoms with Crippen LogP contribution in [0.3, 0.4) is 0 Å². The molecular weight excluding hydrogens is 364 g/mol. The predicted octanol–water partition coefficient (Wildman–Crippen LogP) is 0.677. The average molecular weight is 393 g/mol. The van der Waals surface area contributed by atoms with Crippen molar-refractivity contribution in [2.75, 3.05) is 13.1 Å². The molecular formula is C14H28N2O3S2Si2. The molecule has 5 nitrogen and oxygen atoms in total. The van der Waals surface area contributed by atoms with E-state index in [-0.39, 0.29) is 12.1 Å². The fraction of sp³-hybridized carbons (Fsp3) is 0.857. The molecule has 2 heterocycles. The lowest BCUT2D eigenvalue weighted by Gasteiger charge is -2.44. The summed E-state index contributed by atoms with van der Waals surface area (Å²) in [5, 5.41) is 28.7. The minimum atomic E-state index is -2.93. The lowest BCUT2D eigenvalue weighted by atomic mass is 10.2. The van der Waals surface area contributed by atoms with Crippen molar-refractivity contribution in [3.8, 4) is 0 Å². The summed E-state index contributed by atoms with van der Waals surface area (Å²) in [6.07, 6.45) is 1.56. The fourth-order valence-corrected chi connectivity index (χ4v) is 12.9. The molecule has 2 unspecified atom stereocenters. The Kier molecular flexibility index (Phi) is 6.30. The maximum atomic E-state index is 11.1. The molecule has 0 aromatic rings. The van der Waals surface area contributed by atoms with Gasteiger partial charge in [-0.3, -0.25) is 0 Å². The van der Waals surface area contributed by atoms with Crippen LogP contribution < -0.4 is 10.6 Å². The van der Waals surface area contributed by atoms with Crippen LogP contribution >= 0.6 is 24.4 Å². The zero-order chi connectivity index (χ0) is 17.4. The molecule has 0 aromatic heterocycles. The molecule has 0 aliphatic carbocycles. The van der Waals surface area contributed by atoms with E-state index in [4.69, 9.17) is 28.6 Å². The molecule has 2 aliphatic rings. The quantitative estimate of drug-likeness (QED) is 0.391. The summed E-state index contributed by atoms with van der Waals surface area (Å²) in [5.74, 6) is 0. The molecule has 0 amide bonds. The molecule has 0 saturated carbocycles. The molecule has 2 saturated heterocycles. The van der Waals surface area contributed by atoms with Crippen LogP contribution in [0, 0.1) is 0 Å². The summed E-state index contributed by atoms with van der Waals surface area (Å²) in [7, 11) is -4.90. The summed E-state index contributed by atoms with van der Waals surface area (Å²) >= 11 is 10.8. The monoisotopic (exact) mass is 392 g/mol. The first-order valence-corrected chi connectivity index (χ1v) is 14.9. The van der Waals surface area contributed by atoms with Crippen molar-refractivity contribution >= 4 is 50.8 Å². The van der Waals surface area contributed by atoms with Crippen LogP contribution in [-0.2, 0) is 4.12 Å². The van der Waals surface area contributed by atoms with Gasteiger partial charge in [0.1, 0.15) is 0 Å². The van der Waals surface area contributed by atoms with Gasteiger partial charge in [-0.1, -0.05) is 24.4 Å². The Hall–Kier alpha value is 0.414. The molecule has 23 heavy (non-hydrogen) atoms. The fourth-order valence-electron chi connectivity index (χ4n) is 3.43. The van der Waals surface area contributed by atoms with Gasteiger partial charge in [-0.25, -0.2) is 0 Å². The summed E-state index contributed by atoms with van der Waals surface area (Å²) in [5.41, 5.74) is -1.58. The predicted molar refractivity (Wildman–Crippen MR) is 106 cm³/mol. The van der Waals surface area contributed by atoms with Gasteiger partial charge in [0.2, 0.25) is 8.32 Å². The highest BCUT2D eigenvalue weighted by molar-refractivity contribution is 7.80. The van der Waals surface area contributed by atoms with Crippen LogP contribution in [0.4, 0.5) is 0 Å². The third kappa shape index (κ3) is 4.34. The van der Waals surface area contributed by atoms with Crippen molar-refractivity contribution in [1.29, 1.82) is 0 Å². The Morgan fingerprint density at radius 2 is 1.35 bits per heavy atom. The van der Waals surface area contributed by atoms with Gasteiger partial charge in [-0.05, 0) is 39.0 Å². The molecule has 0 aromatic carbocycles. The van der Waals surface area contributed by atoms with Gasteiger partial charge in [0.25, 0.3) is 0 Å². The van der Waals surface area contributed by atoms with E-state index in [0.29, 0.717) is 0 Å². The van der Waals surface area contributed by atoms with Crippen LogP contribution in [0.2, 0.25) is 26.2 Å². The van der Waals surface area contributed by atoms with Gasteiger partial charge >= 0.3 is 0 Å². The van der Waals surface area contributed by atoms with Gasteiger partial charge in [0.05, 0.1) is 23.5 Å². The van der Waals surface area contributed by atoms with Crippen molar-refractivity contribution in [2.45, 2.75) is 62.6 Å². The topological polar surface area (TPSA) is 73.8 Å². The molecule has 2 aliphatic heterocycles. The number of hydrogen-bond donors (Lipinski definition) is 4. The van der Waals surface area contributed by atoms with Crippen LogP contribution in [-0.4, -0.2) is 73.2 Å². The van der Waals surface area contributed by atoms with Gasteiger partial charge in [-0.15, -0.1) is 0 Å². The molecule has 132 valence electrons. The average Bonchev–Trinajstić information content (AvgIpc) is 3.03. The second-order valence-electron chi connectivity index (χ2n) is 7.58. The highest BCUT2D eigenvalue weighted by Crippen LogP contribution is 2.28. The standard InChI is InChI=1S/C14H28N2O3S2Si2/c1-22(2,3)19-23(4,13(17)11-9(20)5-7-15-11)14(18)12-10(21)6-8-16-12/h11-18H,5-8H2,1-4H3/t11-,12-,13?,14?,23?/m0/s1. The maximum Gasteiger partial charge on any atom is 0.238 e. The highest BCUT2D eigenvalue weighted by atomic mass is 32.1. The SMILES string of the molecule is C[Si](C)(C)O[Si](C)(C(O)[C@H]1NCCC1=S)C(O)[C@H]1NCCC1=S. The largest absolute Gasteiger partial charge is 0.453 e. The van der Waals surface area contributed by atoms with Crippen molar-refractivity contribution in [3.63, 3.8) is 0 Å². The Bertz CT molecular complexity index is 455. The summed E-state index contributed by atoms with van der Waals surface area (Å²) < 4.78 is 6.45. The summed E-state index contributed by atoms with van der Waals surface area (Å²) in [6, 6.07) is -0.551. The van der Waals surface area contributed by atoms with Crippen LogP contribution in [0.25, 0.3) is 0 Å². The minimum Gasteiger partial charge on any atom is -0.453 e. The molecule has 9 heteroatoms. The van der Waals surface area contributed by atoms with Crippen molar-refractivity contribution < 1.29 is 14.3 Å². The number of rotatable bonds is 6. The molecule has 0 radical (unpaired) electrons. The summed E-state index contributed by atoms with van der Waals surface area (Å²) in [4.78, 5) is 1.65. The van der Waals surface area contributed by atoms with Crippen molar-refractivity contribution in [1.82, 2.24) is 10.6 Å². The normalized spacial score (nSPS) is 31.2. The molecule has 0 spiro atoms. The van der Waals surface area contributed by atoms with E-state index < -0.39 is 28.1 Å². The minimum absolute atomic E-state index is 0.275. The maximum absolute atomic E-state index is 11.1. The number of thiocarbonyl (C=S) groups is 2. The smallest absolute Gasteiger partial charge is 0.238 e. The number of nitrogens with one attached hydrogen (secondary N) is 2. The molecule has 4 atom stereocenters. The Balaban J connectivity index is 2.30. The van der Waals surface area contributed by atoms with Gasteiger partial charge in [-0.2, -0.15) is 0 Å². The van der Waals surface area contributed by atoms with Crippen LogP contribution in [0.1, 0.15) is 12.8 Å². The van der Waals surface area contributed by atoms with Gasteiger partial charge < -0.3 is 25.0 Å². The highest BCUT2D eigenvalue weighted by Gasteiger charge is 2.54. The summed E-state index contributed by atoms with van der Waals surface area (Å²) in [6.45, 7) is 9.71. The molecule has 4 N–H and O–H groups in total. The number of aliphatic hydroxyl groups excluding tert-OH is 2. The van der Waals surface area contributed by atoms with Crippen molar-refractivity contribution in [3.05, 3.63) is 0 Å². The van der Waals surface area contributed by atoms with E-state index in [1.54, 1.807) is 0 Å². The molecule has 2 fully saturated rings. The third-order valence-corrected chi connectivity index (χ3v) is 12.6. The lowest BCUT2D eigenvalue weighted by Crippen LogP contribution is -2.70. The molecule has 0 bridgehead atoms. The third-order valence-electron chi connectivity index (χ3n) is 4.50. The Morgan fingerprint density at radius 1 is 0.957 bits per heavy atom. The van der Waals surface area contributed by atoms with E-state index in [1.807, 2.05) is 6.55 Å². The van der Waals surface area contributed by atoms with E-state index in [1.165, 1.54) is 0 Å². The number of aliphatic hydroxyl groups is 2. The first-order valence-electron chi connectivity index (χ1n) is 8.15. The second kappa shape index (κ2) is 7.34. The molecule has 2 rings (SSSR count). The zero-order valence-electron chi connectivity index (χ0n) is 14.3. The zero-order valence-corrected chi connectivity index (χ0v) is 17.9. The number of hydrogen-bond acceptors (Lipinski definition) is 7. The van der Waals surface area contributed by atoms with Gasteiger partial charge in [0, 0.05) is 22.8 Å². The van der Waals surface area contributed by atoms with Crippen molar-refractivity contribution in [2.24, 2.45) is 0 Å². The van der Waals surface area contributed by atoms with E-state index in [0.717, 1.165) is 35.7 Å². The van der Waals surface area contributed by atoms with E-state index in [2.05, 4.69) is 30.3 Å².